The van der Waals surface area contributed by atoms with E-state index < -0.39 is 0 Å². The Labute approximate surface area is 105 Å². The van der Waals surface area contributed by atoms with E-state index in [-0.39, 0.29) is 12.1 Å². The maximum atomic E-state index is 11.8. The van der Waals surface area contributed by atoms with E-state index in [2.05, 4.69) is 16.0 Å². The highest BCUT2D eigenvalue weighted by Gasteiger charge is 2.39. The number of amides is 2. The molecule has 1 aromatic rings. The number of methoxy groups -OCH3 is 1. The number of carbonyl (C=O) groups is 1. The van der Waals surface area contributed by atoms with Crippen LogP contribution in [0.3, 0.4) is 0 Å². The lowest BCUT2D eigenvalue weighted by Gasteiger charge is -2.23. The molecule has 0 radical (unpaired) electrons. The van der Waals surface area contributed by atoms with Gasteiger partial charge in [0.05, 0.1) is 13.2 Å². The summed E-state index contributed by atoms with van der Waals surface area (Å²) >= 11 is 0. The topological polar surface area (TPSA) is 58.6 Å². The number of hydrogen-bond donors (Lipinski definition) is 0. The second kappa shape index (κ2) is 3.97. The van der Waals surface area contributed by atoms with Gasteiger partial charge in [-0.2, -0.15) is 0 Å². The number of carbonyl (C=O) groups excluding carboxylic acids is 1. The first-order valence-electron chi connectivity index (χ1n) is 5.79. The Morgan fingerprint density at radius 2 is 2.11 bits per heavy atom. The monoisotopic (exact) mass is 246 g/mol. The average molecular weight is 246 g/mol. The van der Waals surface area contributed by atoms with Gasteiger partial charge in [-0.25, -0.2) is 14.8 Å². The van der Waals surface area contributed by atoms with E-state index in [0.717, 1.165) is 17.7 Å². The van der Waals surface area contributed by atoms with Gasteiger partial charge >= 0.3 is 12.0 Å². The van der Waals surface area contributed by atoms with E-state index in [9.17, 15) is 4.79 Å². The fourth-order valence-electron chi connectivity index (χ4n) is 2.45. The lowest BCUT2D eigenvalue weighted by atomic mass is 9.98. The molecule has 6 heteroatoms. The minimum Gasteiger partial charge on any atom is -0.467 e. The molecule has 0 saturated carbocycles. The minimum absolute atomic E-state index is 0.0840. The Kier molecular flexibility index (Phi) is 2.43. The number of likely N-dealkylation sites (N-methyl/N-ethyl adjacent to an activating group) is 1. The van der Waals surface area contributed by atoms with Crippen LogP contribution in [0.2, 0.25) is 0 Å². The molecule has 94 valence electrons. The molecule has 0 aliphatic carbocycles. The molecule has 1 aromatic heterocycles. The number of fused-ring (bicyclic) bond motifs is 2. The summed E-state index contributed by atoms with van der Waals surface area (Å²) in [7, 11) is 3.37. The van der Waals surface area contributed by atoms with E-state index in [1.165, 1.54) is 7.11 Å². The van der Waals surface area contributed by atoms with Crippen molar-refractivity contribution in [3.63, 3.8) is 0 Å². The highest BCUT2D eigenvalue weighted by Crippen LogP contribution is 2.31. The first kappa shape index (κ1) is 11.0. The molecule has 18 heavy (non-hydrogen) atoms. The highest BCUT2D eigenvalue weighted by molar-refractivity contribution is 5.85. The van der Waals surface area contributed by atoms with E-state index >= 15 is 0 Å². The van der Waals surface area contributed by atoms with E-state index in [0.29, 0.717) is 12.6 Å². The first-order chi connectivity index (χ1) is 8.70. The molecule has 1 unspecified atom stereocenters. The predicted molar refractivity (Wildman–Crippen MR) is 65.1 cm³/mol. The maximum Gasteiger partial charge on any atom is 0.320 e. The van der Waals surface area contributed by atoms with Crippen LogP contribution in [-0.2, 0) is 0 Å². The summed E-state index contributed by atoms with van der Waals surface area (Å²) in [6.45, 7) is 1.40. The molecular weight excluding hydrogens is 232 g/mol. The number of nitrogens with zero attached hydrogens (tertiary/aromatic N) is 4. The van der Waals surface area contributed by atoms with Crippen molar-refractivity contribution in [1.29, 1.82) is 0 Å². The van der Waals surface area contributed by atoms with Gasteiger partial charge in [0, 0.05) is 38.1 Å². The van der Waals surface area contributed by atoms with Gasteiger partial charge in [-0.3, -0.25) is 0 Å². The second-order valence-electron chi connectivity index (χ2n) is 4.43. The van der Waals surface area contributed by atoms with Gasteiger partial charge in [0.15, 0.2) is 0 Å². The number of rotatable bonds is 2. The Morgan fingerprint density at radius 1 is 1.39 bits per heavy atom. The van der Waals surface area contributed by atoms with Crippen molar-refractivity contribution in [2.75, 3.05) is 27.2 Å². The summed E-state index contributed by atoms with van der Waals surface area (Å²) in [4.78, 5) is 23.6. The van der Waals surface area contributed by atoms with Crippen molar-refractivity contribution in [1.82, 2.24) is 19.8 Å². The van der Waals surface area contributed by atoms with Gasteiger partial charge in [-0.05, 0) is 5.57 Å². The summed E-state index contributed by atoms with van der Waals surface area (Å²) in [5, 5.41) is 0. The summed E-state index contributed by atoms with van der Waals surface area (Å²) in [5.41, 5.74) is 2.06. The number of hydrogen-bond acceptors (Lipinski definition) is 4. The molecule has 1 atom stereocenters. The van der Waals surface area contributed by atoms with Crippen LogP contribution in [0.1, 0.15) is 5.56 Å². The van der Waals surface area contributed by atoms with Gasteiger partial charge in [0.25, 0.3) is 0 Å². The lowest BCUT2D eigenvalue weighted by molar-refractivity contribution is 0.202. The van der Waals surface area contributed by atoms with E-state index in [4.69, 9.17) is 4.74 Å². The van der Waals surface area contributed by atoms with Gasteiger partial charge in [0.1, 0.15) is 0 Å². The van der Waals surface area contributed by atoms with Crippen LogP contribution in [-0.4, -0.2) is 59.1 Å². The minimum atomic E-state index is 0.0840. The largest absolute Gasteiger partial charge is 0.467 e. The summed E-state index contributed by atoms with van der Waals surface area (Å²) < 4.78 is 4.94. The van der Waals surface area contributed by atoms with Crippen molar-refractivity contribution < 1.29 is 9.53 Å². The summed E-state index contributed by atoms with van der Waals surface area (Å²) in [5.74, 6) is 0. The van der Waals surface area contributed by atoms with Gasteiger partial charge in [-0.15, -0.1) is 0 Å². The molecule has 2 aliphatic rings. The quantitative estimate of drug-likeness (QED) is 0.767. The smallest absolute Gasteiger partial charge is 0.320 e. The van der Waals surface area contributed by atoms with Crippen molar-refractivity contribution in [2.45, 2.75) is 6.04 Å². The number of aromatic nitrogens is 2. The standard InChI is InChI=1S/C12H14N4O2/c1-15-10-7-16(12(15)17)4-3-9(10)8-5-13-11(18-2)14-6-8/h3,5-6,10H,4,7H2,1-2H3. The van der Waals surface area contributed by atoms with Crippen LogP contribution < -0.4 is 4.74 Å². The molecule has 0 N–H and O–H groups in total. The number of ether oxygens (including phenoxy) is 1. The van der Waals surface area contributed by atoms with Crippen molar-refractivity contribution in [2.24, 2.45) is 0 Å². The fraction of sp³-hybridized carbons (Fsp3) is 0.417. The van der Waals surface area contributed by atoms with Crippen LogP contribution in [0, 0.1) is 0 Å². The van der Waals surface area contributed by atoms with E-state index in [1.54, 1.807) is 17.3 Å². The molecule has 2 amide bonds. The Balaban J connectivity index is 1.92. The molecule has 1 fully saturated rings. The van der Waals surface area contributed by atoms with Crippen LogP contribution in [0.5, 0.6) is 6.01 Å². The van der Waals surface area contributed by atoms with E-state index in [1.807, 2.05) is 11.9 Å². The predicted octanol–water partition coefficient (Wildman–Crippen LogP) is 0.618. The zero-order valence-electron chi connectivity index (χ0n) is 10.3. The third-order valence-electron chi connectivity index (χ3n) is 3.47. The van der Waals surface area contributed by atoms with Gasteiger partial charge < -0.3 is 14.5 Å². The first-order valence-corrected chi connectivity index (χ1v) is 5.79. The van der Waals surface area contributed by atoms with Crippen molar-refractivity contribution in [3.05, 3.63) is 24.0 Å². The lowest BCUT2D eigenvalue weighted by Crippen LogP contribution is -2.30. The Morgan fingerprint density at radius 3 is 2.78 bits per heavy atom. The zero-order valence-corrected chi connectivity index (χ0v) is 10.3. The van der Waals surface area contributed by atoms with Crippen LogP contribution >= 0.6 is 0 Å². The van der Waals surface area contributed by atoms with Gasteiger partial charge in [0.2, 0.25) is 0 Å². The average Bonchev–Trinajstić information content (AvgIpc) is 2.65. The molecule has 2 aliphatic heterocycles. The summed E-state index contributed by atoms with van der Waals surface area (Å²) in [6.07, 6.45) is 5.55. The fourth-order valence-corrected chi connectivity index (χ4v) is 2.45. The van der Waals surface area contributed by atoms with Crippen LogP contribution in [0.15, 0.2) is 18.5 Å². The molecule has 2 bridgehead atoms. The molecular formula is C12H14N4O2. The summed E-state index contributed by atoms with van der Waals surface area (Å²) in [6, 6.07) is 0.538. The Hall–Kier alpha value is -2.11. The molecule has 3 rings (SSSR count). The molecule has 0 aromatic carbocycles. The maximum absolute atomic E-state index is 11.8. The number of urea groups is 1. The molecule has 0 spiro atoms. The Bertz CT molecular complexity index is 511. The SMILES string of the molecule is COc1ncc(C2=CCN3CC2N(C)C3=O)cn1. The zero-order chi connectivity index (χ0) is 12.7. The third-order valence-corrected chi connectivity index (χ3v) is 3.47. The highest BCUT2D eigenvalue weighted by atomic mass is 16.5. The normalized spacial score (nSPS) is 22.2. The van der Waals surface area contributed by atoms with Crippen LogP contribution in [0.4, 0.5) is 4.79 Å². The van der Waals surface area contributed by atoms with Crippen molar-refractivity contribution in [3.8, 4) is 6.01 Å². The van der Waals surface area contributed by atoms with Crippen LogP contribution in [0.25, 0.3) is 5.57 Å². The molecule has 3 heterocycles. The van der Waals surface area contributed by atoms with Gasteiger partial charge in [-0.1, -0.05) is 6.08 Å². The molecule has 6 nitrogen and oxygen atoms in total. The molecule has 1 saturated heterocycles. The van der Waals surface area contributed by atoms with Crippen molar-refractivity contribution >= 4 is 11.6 Å². The second-order valence-corrected chi connectivity index (χ2v) is 4.43. The third kappa shape index (κ3) is 1.53.